The number of primary sulfonamides is 1. The van der Waals surface area contributed by atoms with E-state index in [1.54, 1.807) is 12.1 Å². The highest BCUT2D eigenvalue weighted by Crippen LogP contribution is 2.28. The van der Waals surface area contributed by atoms with Gasteiger partial charge in [-0.25, -0.2) is 13.6 Å². The summed E-state index contributed by atoms with van der Waals surface area (Å²) in [6.07, 6.45) is 0.810. The van der Waals surface area contributed by atoms with Crippen LogP contribution in [0, 0.1) is 0 Å². The number of rotatable bonds is 6. The summed E-state index contributed by atoms with van der Waals surface area (Å²) in [4.78, 5) is 0.210. The van der Waals surface area contributed by atoms with Crippen LogP contribution >= 0.6 is 0 Å². The predicted molar refractivity (Wildman–Crippen MR) is 103 cm³/mol. The fraction of sp³-hybridized carbons (Fsp3) is 0.200. The van der Waals surface area contributed by atoms with Crippen molar-refractivity contribution in [1.29, 1.82) is 0 Å². The zero-order chi connectivity index (χ0) is 17.9. The molecule has 0 aromatic heterocycles. The van der Waals surface area contributed by atoms with Gasteiger partial charge in [-0.05, 0) is 29.5 Å². The molecule has 0 saturated carbocycles. The van der Waals surface area contributed by atoms with Gasteiger partial charge in [0.1, 0.15) is 0 Å². The maximum Gasteiger partial charge on any atom is 0.238 e. The van der Waals surface area contributed by atoms with Gasteiger partial charge in [-0.15, -0.1) is 0 Å². The van der Waals surface area contributed by atoms with Gasteiger partial charge in [0.15, 0.2) is 0 Å². The fourth-order valence-electron chi connectivity index (χ4n) is 3.16. The third-order valence-electron chi connectivity index (χ3n) is 4.49. The Labute approximate surface area is 148 Å². The summed E-state index contributed by atoms with van der Waals surface area (Å²) in [7, 11) is -3.73. The summed E-state index contributed by atoms with van der Waals surface area (Å²) in [6.45, 7) is 2.69. The molecule has 0 heterocycles. The molecule has 4 nitrogen and oxygen atoms in total. The van der Waals surface area contributed by atoms with Gasteiger partial charge >= 0.3 is 0 Å². The molecule has 0 fully saturated rings. The van der Waals surface area contributed by atoms with Crippen molar-refractivity contribution in [2.75, 3.05) is 11.9 Å². The lowest BCUT2D eigenvalue weighted by atomic mass is 9.96. The van der Waals surface area contributed by atoms with E-state index >= 15 is 0 Å². The number of fused-ring (bicyclic) bond motifs is 1. The molecular weight excluding hydrogens is 332 g/mol. The van der Waals surface area contributed by atoms with E-state index in [4.69, 9.17) is 5.14 Å². The summed E-state index contributed by atoms with van der Waals surface area (Å²) in [5.74, 6) is 0.0495. The largest absolute Gasteiger partial charge is 0.384 e. The Hall–Kier alpha value is -2.37. The molecule has 1 atom stereocenters. The lowest BCUT2D eigenvalue weighted by molar-refractivity contribution is 0.592. The minimum Gasteiger partial charge on any atom is -0.384 e. The minimum absolute atomic E-state index is 0.0495. The Balaban J connectivity index is 1.89. The smallest absolute Gasteiger partial charge is 0.238 e. The SMILES string of the molecule is CC[C@H](CNc1cccc2ccccc12)c1ccccc1S(N)(=O)=O. The first-order valence-electron chi connectivity index (χ1n) is 8.34. The van der Waals surface area contributed by atoms with Gasteiger partial charge in [0.25, 0.3) is 0 Å². The first kappa shape index (κ1) is 17.5. The van der Waals surface area contributed by atoms with Crippen molar-refractivity contribution in [1.82, 2.24) is 0 Å². The zero-order valence-corrected chi connectivity index (χ0v) is 15.0. The Kier molecular flexibility index (Phi) is 5.06. The molecular formula is C20H22N2O2S. The molecule has 3 N–H and O–H groups in total. The van der Waals surface area contributed by atoms with Gasteiger partial charge in [-0.1, -0.05) is 61.5 Å². The van der Waals surface area contributed by atoms with Crippen LogP contribution in [-0.4, -0.2) is 15.0 Å². The lowest BCUT2D eigenvalue weighted by Gasteiger charge is -2.20. The van der Waals surface area contributed by atoms with Crippen LogP contribution in [0.15, 0.2) is 71.6 Å². The summed E-state index contributed by atoms with van der Waals surface area (Å²) in [6, 6.07) is 21.3. The number of sulfonamides is 1. The average Bonchev–Trinajstić information content (AvgIpc) is 2.62. The predicted octanol–water partition coefficient (Wildman–Crippen LogP) is 4.09. The Morgan fingerprint density at radius 1 is 0.960 bits per heavy atom. The summed E-state index contributed by atoms with van der Waals surface area (Å²) < 4.78 is 23.8. The van der Waals surface area contributed by atoms with Gasteiger partial charge in [0.2, 0.25) is 10.0 Å². The van der Waals surface area contributed by atoms with E-state index in [-0.39, 0.29) is 10.8 Å². The van der Waals surface area contributed by atoms with Crippen molar-refractivity contribution in [2.45, 2.75) is 24.2 Å². The molecule has 25 heavy (non-hydrogen) atoms. The van der Waals surface area contributed by atoms with E-state index in [0.29, 0.717) is 6.54 Å². The molecule has 3 aromatic rings. The molecule has 0 bridgehead atoms. The van der Waals surface area contributed by atoms with Crippen molar-refractivity contribution >= 4 is 26.5 Å². The normalized spacial score (nSPS) is 12.9. The van der Waals surface area contributed by atoms with E-state index in [1.807, 2.05) is 36.4 Å². The highest BCUT2D eigenvalue weighted by molar-refractivity contribution is 7.89. The van der Waals surface area contributed by atoms with E-state index in [0.717, 1.165) is 23.1 Å². The second kappa shape index (κ2) is 7.25. The van der Waals surface area contributed by atoms with Crippen molar-refractivity contribution in [3.05, 3.63) is 72.3 Å². The number of nitrogens with one attached hydrogen (secondary N) is 1. The third kappa shape index (κ3) is 3.83. The Morgan fingerprint density at radius 3 is 2.40 bits per heavy atom. The monoisotopic (exact) mass is 354 g/mol. The van der Waals surface area contributed by atoms with Crippen LogP contribution in [0.2, 0.25) is 0 Å². The number of nitrogens with two attached hydrogens (primary N) is 1. The zero-order valence-electron chi connectivity index (χ0n) is 14.1. The molecule has 0 aliphatic rings. The van der Waals surface area contributed by atoms with Gasteiger partial charge in [0, 0.05) is 23.5 Å². The van der Waals surface area contributed by atoms with Crippen molar-refractivity contribution in [2.24, 2.45) is 5.14 Å². The summed E-state index contributed by atoms with van der Waals surface area (Å²) in [5.41, 5.74) is 1.81. The van der Waals surface area contributed by atoms with E-state index in [9.17, 15) is 8.42 Å². The molecule has 3 aromatic carbocycles. The van der Waals surface area contributed by atoms with E-state index in [2.05, 4.69) is 30.4 Å². The van der Waals surface area contributed by atoms with Crippen LogP contribution in [0.25, 0.3) is 10.8 Å². The standard InChI is InChI=1S/C20H22N2O2S/c1-2-15(18-11-5-6-13-20(18)25(21,23)24)14-22-19-12-7-9-16-8-3-4-10-17(16)19/h3-13,15,22H,2,14H2,1H3,(H2,21,23,24)/t15-/m1/s1. The Morgan fingerprint density at radius 2 is 1.64 bits per heavy atom. The lowest BCUT2D eigenvalue weighted by Crippen LogP contribution is -2.19. The van der Waals surface area contributed by atoms with Crippen LogP contribution < -0.4 is 10.5 Å². The van der Waals surface area contributed by atoms with Crippen LogP contribution in [0.5, 0.6) is 0 Å². The topological polar surface area (TPSA) is 72.2 Å². The minimum atomic E-state index is -3.73. The van der Waals surface area contributed by atoms with E-state index < -0.39 is 10.0 Å². The average molecular weight is 354 g/mol. The van der Waals surface area contributed by atoms with Crippen LogP contribution in [0.4, 0.5) is 5.69 Å². The van der Waals surface area contributed by atoms with Gasteiger partial charge in [-0.3, -0.25) is 0 Å². The number of hydrogen-bond donors (Lipinski definition) is 2. The first-order chi connectivity index (χ1) is 12.0. The second-order valence-electron chi connectivity index (χ2n) is 6.10. The van der Waals surface area contributed by atoms with Crippen LogP contribution in [-0.2, 0) is 10.0 Å². The van der Waals surface area contributed by atoms with Crippen molar-refractivity contribution < 1.29 is 8.42 Å². The van der Waals surface area contributed by atoms with E-state index in [1.165, 1.54) is 5.39 Å². The first-order valence-corrected chi connectivity index (χ1v) is 9.88. The molecule has 5 heteroatoms. The molecule has 0 spiro atoms. The molecule has 130 valence electrons. The van der Waals surface area contributed by atoms with Crippen molar-refractivity contribution in [3.63, 3.8) is 0 Å². The van der Waals surface area contributed by atoms with Crippen LogP contribution in [0.1, 0.15) is 24.8 Å². The molecule has 0 aliphatic heterocycles. The van der Waals surface area contributed by atoms with Crippen molar-refractivity contribution in [3.8, 4) is 0 Å². The second-order valence-corrected chi connectivity index (χ2v) is 7.63. The highest BCUT2D eigenvalue weighted by atomic mass is 32.2. The fourth-order valence-corrected chi connectivity index (χ4v) is 4.00. The summed E-state index contributed by atoms with van der Waals surface area (Å²) >= 11 is 0. The molecule has 0 unspecified atom stereocenters. The molecule has 0 saturated heterocycles. The molecule has 3 rings (SSSR count). The summed E-state index contributed by atoms with van der Waals surface area (Å²) in [5, 5.41) is 11.2. The number of benzene rings is 3. The molecule has 0 radical (unpaired) electrons. The number of anilines is 1. The van der Waals surface area contributed by atoms with Gasteiger partial charge in [-0.2, -0.15) is 0 Å². The third-order valence-corrected chi connectivity index (χ3v) is 5.47. The maximum atomic E-state index is 11.9. The van der Waals surface area contributed by atoms with Crippen LogP contribution in [0.3, 0.4) is 0 Å². The Bertz CT molecular complexity index is 978. The molecule has 0 amide bonds. The van der Waals surface area contributed by atoms with Gasteiger partial charge < -0.3 is 5.32 Å². The quantitative estimate of drug-likeness (QED) is 0.700. The highest BCUT2D eigenvalue weighted by Gasteiger charge is 2.19. The maximum absolute atomic E-state index is 11.9. The number of hydrogen-bond acceptors (Lipinski definition) is 3. The van der Waals surface area contributed by atoms with Gasteiger partial charge in [0.05, 0.1) is 4.90 Å². The molecule has 0 aliphatic carbocycles.